The van der Waals surface area contributed by atoms with Crippen LogP contribution in [0.15, 0.2) is 0 Å². The lowest BCUT2D eigenvalue weighted by atomic mass is 10.0. The normalized spacial score (nSPS) is 29.6. The highest BCUT2D eigenvalue weighted by molar-refractivity contribution is 5.79. The van der Waals surface area contributed by atoms with Crippen molar-refractivity contribution >= 4 is 17.9 Å². The molecule has 0 radical (unpaired) electrons. The predicted octanol–water partition coefficient (Wildman–Crippen LogP) is 0.272. The number of urea groups is 1. The van der Waals surface area contributed by atoms with Crippen molar-refractivity contribution in [3.63, 3.8) is 0 Å². The number of carbonyl (C=O) groups is 3. The molecule has 3 amide bonds. The fourth-order valence-corrected chi connectivity index (χ4v) is 4.60. The molecule has 32 heavy (non-hydrogen) atoms. The van der Waals surface area contributed by atoms with Crippen LogP contribution in [0.2, 0.25) is 0 Å². The highest BCUT2D eigenvalue weighted by Crippen LogP contribution is 2.38. The summed E-state index contributed by atoms with van der Waals surface area (Å²) in [6, 6.07) is 1.68. The lowest BCUT2D eigenvalue weighted by Gasteiger charge is -2.24. The second kappa shape index (κ2) is 11.4. The van der Waals surface area contributed by atoms with Crippen LogP contribution >= 0.6 is 0 Å². The number of carboxylic acids is 1. The Morgan fingerprint density at radius 3 is 2.22 bits per heavy atom. The minimum Gasteiger partial charge on any atom is -0.479 e. The van der Waals surface area contributed by atoms with Crippen molar-refractivity contribution in [1.82, 2.24) is 20.0 Å². The van der Waals surface area contributed by atoms with Gasteiger partial charge in [0.25, 0.3) is 0 Å². The molecule has 10 nitrogen and oxygen atoms in total. The Labute approximate surface area is 187 Å². The molecule has 1 saturated carbocycles. The number of aliphatic hydroxyl groups is 1. The summed E-state index contributed by atoms with van der Waals surface area (Å²) in [5.74, 6) is -0.397. The number of aliphatic hydroxyl groups excluding tert-OH is 1. The Morgan fingerprint density at radius 1 is 1.19 bits per heavy atom. The fraction of sp³-hybridized carbons (Fsp3) is 0.810. The third kappa shape index (κ3) is 6.53. The Morgan fingerprint density at radius 2 is 1.78 bits per heavy atom. The monoisotopic (exact) mass is 455 g/mol. The van der Waals surface area contributed by atoms with Crippen LogP contribution in [0.1, 0.15) is 32.6 Å². The number of halogens is 1. The molecule has 2 aliphatic heterocycles. The second-order valence-electron chi connectivity index (χ2n) is 8.94. The molecule has 2 saturated heterocycles. The highest BCUT2D eigenvalue weighted by atomic mass is 19.1. The zero-order chi connectivity index (χ0) is 24.0. The van der Waals surface area contributed by atoms with E-state index in [1.165, 1.54) is 4.90 Å². The van der Waals surface area contributed by atoms with E-state index in [1.54, 1.807) is 25.9 Å². The van der Waals surface area contributed by atoms with E-state index in [0.29, 0.717) is 11.8 Å². The molecule has 0 aromatic carbocycles. The molecule has 0 aromatic heterocycles. The number of likely N-dealkylation sites (tertiary alicyclic amines) is 2. The number of nitrogens with zero attached hydrogens (tertiary/aromatic N) is 4. The lowest BCUT2D eigenvalue weighted by Crippen LogP contribution is -2.44. The first-order valence-corrected chi connectivity index (χ1v) is 11.0. The summed E-state index contributed by atoms with van der Waals surface area (Å²) in [6.07, 6.45) is 0.00566. The van der Waals surface area contributed by atoms with Crippen LogP contribution in [0.3, 0.4) is 0 Å². The van der Waals surface area contributed by atoms with E-state index in [1.807, 2.05) is 11.0 Å². The minimum absolute atomic E-state index is 0.0241. The Hall–Kier alpha value is -2.45. The number of nitriles is 1. The van der Waals surface area contributed by atoms with Crippen LogP contribution in [0, 0.1) is 23.2 Å². The molecule has 3 aliphatic rings. The second-order valence-corrected chi connectivity index (χ2v) is 8.94. The van der Waals surface area contributed by atoms with E-state index in [-0.39, 0.29) is 43.9 Å². The molecule has 1 aliphatic carbocycles. The van der Waals surface area contributed by atoms with E-state index in [0.717, 1.165) is 25.9 Å². The molecule has 4 unspecified atom stereocenters. The molecular weight excluding hydrogens is 421 g/mol. The van der Waals surface area contributed by atoms with Gasteiger partial charge < -0.3 is 30.2 Å². The molecular formula is C21H34FN5O5. The van der Waals surface area contributed by atoms with Gasteiger partial charge in [-0.3, -0.25) is 4.79 Å². The smallest absolute Gasteiger partial charge is 0.332 e. The molecule has 11 heteroatoms. The van der Waals surface area contributed by atoms with Crippen molar-refractivity contribution in [2.24, 2.45) is 11.8 Å². The summed E-state index contributed by atoms with van der Waals surface area (Å²) in [4.78, 5) is 38.8. The fourth-order valence-electron chi connectivity index (χ4n) is 4.60. The summed E-state index contributed by atoms with van der Waals surface area (Å²) >= 11 is 0. The standard InChI is InChI=1S/C17H26FN5O2.C4H8O3/c1-21(2)17(25)22-8-11-3-14(4-12(11)9-22)20-7-16(24)23-10-13(18)5-15(23)6-19;1-2-3(5)4(6)7/h11-15,20H,3-5,7-10H2,1-2H3;3,5H,2H2,1H3,(H,6,7)/t11-,12+,13?,14?,15?;. The molecule has 0 bridgehead atoms. The van der Waals surface area contributed by atoms with Crippen LogP contribution < -0.4 is 5.32 Å². The average molecular weight is 456 g/mol. The van der Waals surface area contributed by atoms with E-state index in [2.05, 4.69) is 5.32 Å². The molecule has 2 heterocycles. The number of amides is 3. The van der Waals surface area contributed by atoms with Crippen LogP contribution in [-0.2, 0) is 9.59 Å². The summed E-state index contributed by atoms with van der Waals surface area (Å²) in [5.41, 5.74) is 0. The predicted molar refractivity (Wildman–Crippen MR) is 113 cm³/mol. The number of carboxylic acid groups (broad SMARTS) is 1. The van der Waals surface area contributed by atoms with E-state index >= 15 is 0 Å². The summed E-state index contributed by atoms with van der Waals surface area (Å²) in [7, 11) is 3.53. The minimum atomic E-state index is -1.18. The van der Waals surface area contributed by atoms with Gasteiger partial charge in [-0.1, -0.05) is 6.92 Å². The van der Waals surface area contributed by atoms with Crippen molar-refractivity contribution in [3.05, 3.63) is 0 Å². The topological polar surface area (TPSA) is 137 Å². The molecule has 0 aromatic rings. The van der Waals surface area contributed by atoms with Crippen LogP contribution in [0.4, 0.5) is 9.18 Å². The van der Waals surface area contributed by atoms with Crippen molar-refractivity contribution in [3.8, 4) is 6.07 Å². The van der Waals surface area contributed by atoms with E-state index < -0.39 is 24.3 Å². The zero-order valence-corrected chi connectivity index (χ0v) is 18.9. The summed E-state index contributed by atoms with van der Waals surface area (Å²) < 4.78 is 13.4. The maximum absolute atomic E-state index is 13.4. The quantitative estimate of drug-likeness (QED) is 0.541. The summed E-state index contributed by atoms with van der Waals surface area (Å²) in [5, 5.41) is 28.6. The van der Waals surface area contributed by atoms with Crippen molar-refractivity contribution in [2.45, 2.75) is 57.0 Å². The molecule has 3 fully saturated rings. The van der Waals surface area contributed by atoms with Gasteiger partial charge in [0.1, 0.15) is 12.2 Å². The van der Waals surface area contributed by atoms with Gasteiger partial charge in [0.2, 0.25) is 5.91 Å². The van der Waals surface area contributed by atoms with Crippen LogP contribution in [-0.4, -0.2) is 107 Å². The molecule has 6 atom stereocenters. The van der Waals surface area contributed by atoms with Gasteiger partial charge in [-0.25, -0.2) is 14.0 Å². The van der Waals surface area contributed by atoms with Crippen molar-refractivity contribution in [2.75, 3.05) is 40.3 Å². The molecule has 3 rings (SSSR count). The van der Waals surface area contributed by atoms with E-state index in [4.69, 9.17) is 15.5 Å². The van der Waals surface area contributed by atoms with Crippen molar-refractivity contribution in [1.29, 1.82) is 5.26 Å². The zero-order valence-electron chi connectivity index (χ0n) is 18.9. The lowest BCUT2D eigenvalue weighted by molar-refractivity contribution is -0.146. The maximum atomic E-state index is 13.4. The third-order valence-corrected chi connectivity index (χ3v) is 6.34. The van der Waals surface area contributed by atoms with Gasteiger partial charge in [-0.2, -0.15) is 5.26 Å². The first-order chi connectivity index (χ1) is 15.1. The number of carbonyl (C=O) groups excluding carboxylic acids is 2. The number of fused-ring (bicyclic) bond motifs is 1. The van der Waals surface area contributed by atoms with E-state index in [9.17, 15) is 18.8 Å². The number of rotatable bonds is 5. The number of hydrogen-bond donors (Lipinski definition) is 3. The average Bonchev–Trinajstić information content (AvgIpc) is 3.43. The first-order valence-electron chi connectivity index (χ1n) is 11.0. The Balaban J connectivity index is 0.000000451. The number of nitrogens with one attached hydrogen (secondary N) is 1. The molecule has 3 N–H and O–H groups in total. The van der Waals surface area contributed by atoms with Crippen LogP contribution in [0.25, 0.3) is 0 Å². The molecule has 180 valence electrons. The number of alkyl halides is 1. The van der Waals surface area contributed by atoms with Gasteiger partial charge >= 0.3 is 12.0 Å². The van der Waals surface area contributed by atoms with Crippen LogP contribution in [0.5, 0.6) is 0 Å². The Kier molecular flexibility index (Phi) is 9.21. The molecule has 0 spiro atoms. The largest absolute Gasteiger partial charge is 0.479 e. The first kappa shape index (κ1) is 25.8. The number of aliphatic carboxylic acids is 1. The van der Waals surface area contributed by atoms with Gasteiger partial charge in [0.15, 0.2) is 6.10 Å². The third-order valence-electron chi connectivity index (χ3n) is 6.34. The SMILES string of the molecule is CCC(O)C(=O)O.CN(C)C(=O)N1C[C@H]2CC(NCC(=O)N3CC(F)CC3C#N)C[C@H]2C1. The van der Waals surface area contributed by atoms with Gasteiger partial charge in [0, 0.05) is 39.6 Å². The van der Waals surface area contributed by atoms with Gasteiger partial charge in [0.05, 0.1) is 19.2 Å². The maximum Gasteiger partial charge on any atom is 0.332 e. The highest BCUT2D eigenvalue weighted by Gasteiger charge is 2.43. The Bertz CT molecular complexity index is 716. The van der Waals surface area contributed by atoms with Gasteiger partial charge in [-0.05, 0) is 31.1 Å². The van der Waals surface area contributed by atoms with Crippen molar-refractivity contribution < 1.29 is 29.0 Å². The van der Waals surface area contributed by atoms with Gasteiger partial charge in [-0.15, -0.1) is 0 Å². The summed E-state index contributed by atoms with van der Waals surface area (Å²) in [6.45, 7) is 3.34. The number of hydrogen-bond acceptors (Lipinski definition) is 6.